The molecule has 2 heterocycles. The molecule has 1 aliphatic heterocycles. The first kappa shape index (κ1) is 23.4. The molecule has 35 heavy (non-hydrogen) atoms. The number of carboxylic acids is 1. The monoisotopic (exact) mass is 497 g/mol. The average molecular weight is 498 g/mol. The normalized spacial score (nSPS) is 19.7. The highest BCUT2D eigenvalue weighted by molar-refractivity contribution is 6.34. The maximum Gasteiger partial charge on any atom is 0.306 e. The molecule has 1 saturated carbocycles. The molecule has 1 saturated heterocycles. The van der Waals surface area contributed by atoms with Gasteiger partial charge in [-0.3, -0.25) is 14.4 Å². The zero-order chi connectivity index (χ0) is 24.5. The smallest absolute Gasteiger partial charge is 0.306 e. The summed E-state index contributed by atoms with van der Waals surface area (Å²) >= 11 is 6.28. The van der Waals surface area contributed by atoms with E-state index in [0.717, 1.165) is 6.42 Å². The fourth-order valence-electron chi connectivity index (χ4n) is 4.47. The lowest BCUT2D eigenvalue weighted by molar-refractivity contribution is -0.151. The van der Waals surface area contributed by atoms with Gasteiger partial charge in [-0.15, -0.1) is 0 Å². The van der Waals surface area contributed by atoms with Crippen LogP contribution in [-0.4, -0.2) is 42.8 Å². The van der Waals surface area contributed by atoms with Gasteiger partial charge in [-0.1, -0.05) is 17.7 Å². The molecule has 2 aromatic carbocycles. The van der Waals surface area contributed by atoms with Crippen LogP contribution in [0.2, 0.25) is 5.02 Å². The summed E-state index contributed by atoms with van der Waals surface area (Å²) in [5.74, 6) is -0.346. The Bertz CT molecular complexity index is 1350. The Morgan fingerprint density at radius 3 is 2.71 bits per heavy atom. The summed E-state index contributed by atoms with van der Waals surface area (Å²) in [5, 5.41) is 9.72. The number of carbonyl (C=O) groups is 2. The maximum atomic E-state index is 12.7. The number of carboxylic acid groups (broad SMARTS) is 1. The number of aliphatic carboxylic acids is 1. The predicted octanol–water partition coefficient (Wildman–Crippen LogP) is 4.50. The Balaban J connectivity index is 1.40. The summed E-state index contributed by atoms with van der Waals surface area (Å²) in [6.07, 6.45) is 2.20. The molecule has 0 radical (unpaired) electrons. The Kier molecular flexibility index (Phi) is 6.49. The molecule has 0 bridgehead atoms. The van der Waals surface area contributed by atoms with Crippen LogP contribution in [0.1, 0.15) is 25.7 Å². The number of anilines is 1. The van der Waals surface area contributed by atoms with Crippen LogP contribution in [0.3, 0.4) is 0 Å². The van der Waals surface area contributed by atoms with E-state index in [1.54, 1.807) is 41.3 Å². The van der Waals surface area contributed by atoms with Gasteiger partial charge in [0.2, 0.25) is 5.91 Å². The summed E-state index contributed by atoms with van der Waals surface area (Å²) in [6, 6.07) is 11.7. The van der Waals surface area contributed by atoms with Gasteiger partial charge in [-0.05, 0) is 43.5 Å². The minimum atomic E-state index is -0.795. The van der Waals surface area contributed by atoms with E-state index < -0.39 is 5.97 Å². The minimum Gasteiger partial charge on any atom is -0.490 e. The molecule has 2 fully saturated rings. The summed E-state index contributed by atoms with van der Waals surface area (Å²) in [7, 11) is 0. The van der Waals surface area contributed by atoms with Gasteiger partial charge < -0.3 is 23.9 Å². The number of nitrogens with zero attached hydrogens (tertiary/aromatic N) is 1. The maximum absolute atomic E-state index is 12.7. The van der Waals surface area contributed by atoms with Crippen LogP contribution in [0, 0.1) is 5.92 Å². The van der Waals surface area contributed by atoms with Gasteiger partial charge in [0.25, 0.3) is 0 Å². The third-order valence-corrected chi connectivity index (χ3v) is 6.76. The van der Waals surface area contributed by atoms with E-state index >= 15 is 0 Å². The van der Waals surface area contributed by atoms with Crippen molar-refractivity contribution < 1.29 is 28.6 Å². The number of amides is 1. The van der Waals surface area contributed by atoms with E-state index in [1.807, 2.05) is 0 Å². The van der Waals surface area contributed by atoms with Crippen molar-refractivity contribution in [2.24, 2.45) is 5.92 Å². The molecule has 8 nitrogen and oxygen atoms in total. The van der Waals surface area contributed by atoms with Crippen LogP contribution in [0.25, 0.3) is 22.3 Å². The lowest BCUT2D eigenvalue weighted by atomic mass is 9.82. The number of ether oxygens (including phenoxy) is 2. The SMILES string of the molecule is O=C(O)C1CC(OCCOc2cc(N3CCCC3=O)ccc2-c2cc(=O)c3cccc(Cl)c3o2)C1. The second-order valence-electron chi connectivity index (χ2n) is 8.77. The van der Waals surface area contributed by atoms with Crippen LogP contribution in [0.4, 0.5) is 5.69 Å². The molecule has 2 aliphatic rings. The Labute approximate surface area is 206 Å². The van der Waals surface area contributed by atoms with Crippen molar-refractivity contribution in [2.75, 3.05) is 24.7 Å². The average Bonchev–Trinajstić information content (AvgIpc) is 3.23. The quantitative estimate of drug-likeness (QED) is 0.457. The number of carbonyl (C=O) groups excluding carboxylic acids is 1. The number of hydrogen-bond donors (Lipinski definition) is 1. The summed E-state index contributed by atoms with van der Waals surface area (Å²) in [5.41, 5.74) is 1.32. The number of fused-ring (bicyclic) bond motifs is 1. The molecular weight excluding hydrogens is 474 g/mol. The van der Waals surface area contributed by atoms with Crippen molar-refractivity contribution in [3.05, 3.63) is 57.7 Å². The summed E-state index contributed by atoms with van der Waals surface area (Å²) < 4.78 is 17.8. The standard InChI is InChI=1S/C26H24ClNO7/c27-20-4-1-3-18-21(29)14-23(35-25(18)20)19-7-6-16(28-8-2-5-24(28)30)13-22(19)34-10-9-33-17-11-15(12-17)26(31)32/h1,3-4,6-7,13-15,17H,2,5,8-12H2,(H,31,32). The fourth-order valence-corrected chi connectivity index (χ4v) is 4.68. The first-order chi connectivity index (χ1) is 16.9. The second kappa shape index (κ2) is 9.71. The van der Waals surface area contributed by atoms with Gasteiger partial charge in [0.05, 0.1) is 34.6 Å². The van der Waals surface area contributed by atoms with Crippen LogP contribution >= 0.6 is 11.6 Å². The highest BCUT2D eigenvalue weighted by Gasteiger charge is 2.35. The summed E-state index contributed by atoms with van der Waals surface area (Å²) in [4.78, 5) is 37.7. The molecule has 3 aromatic rings. The third kappa shape index (κ3) is 4.76. The predicted molar refractivity (Wildman–Crippen MR) is 130 cm³/mol. The number of hydrogen-bond acceptors (Lipinski definition) is 6. The van der Waals surface area contributed by atoms with Crippen molar-refractivity contribution in [2.45, 2.75) is 31.8 Å². The zero-order valence-corrected chi connectivity index (χ0v) is 19.6. The van der Waals surface area contributed by atoms with E-state index in [-0.39, 0.29) is 36.6 Å². The van der Waals surface area contributed by atoms with Crippen LogP contribution in [-0.2, 0) is 14.3 Å². The van der Waals surface area contributed by atoms with E-state index in [1.165, 1.54) is 6.07 Å². The lowest BCUT2D eigenvalue weighted by Crippen LogP contribution is -2.37. The van der Waals surface area contributed by atoms with Gasteiger partial charge >= 0.3 is 5.97 Å². The number of rotatable bonds is 8. The molecule has 9 heteroatoms. The molecule has 0 unspecified atom stereocenters. The second-order valence-corrected chi connectivity index (χ2v) is 9.18. The molecule has 182 valence electrons. The van der Waals surface area contributed by atoms with E-state index in [0.29, 0.717) is 64.6 Å². The molecule has 0 atom stereocenters. The van der Waals surface area contributed by atoms with E-state index in [9.17, 15) is 14.4 Å². The molecular formula is C26H24ClNO7. The Hall–Kier alpha value is -3.36. The molecule has 1 aromatic heterocycles. The fraction of sp³-hybridized carbons (Fsp3) is 0.346. The van der Waals surface area contributed by atoms with Crippen molar-refractivity contribution in [1.29, 1.82) is 0 Å². The Morgan fingerprint density at radius 2 is 1.97 bits per heavy atom. The highest BCUT2D eigenvalue weighted by atomic mass is 35.5. The third-order valence-electron chi connectivity index (χ3n) is 6.46. The van der Waals surface area contributed by atoms with Gasteiger partial charge in [0.15, 0.2) is 11.0 Å². The van der Waals surface area contributed by atoms with Crippen molar-refractivity contribution in [3.63, 3.8) is 0 Å². The van der Waals surface area contributed by atoms with Gasteiger partial charge in [0.1, 0.15) is 18.1 Å². The largest absolute Gasteiger partial charge is 0.490 e. The van der Waals surface area contributed by atoms with E-state index in [2.05, 4.69) is 0 Å². The Morgan fingerprint density at radius 1 is 1.14 bits per heavy atom. The van der Waals surface area contributed by atoms with Gasteiger partial charge in [-0.25, -0.2) is 0 Å². The van der Waals surface area contributed by atoms with Crippen LogP contribution in [0.15, 0.2) is 51.7 Å². The first-order valence-electron chi connectivity index (χ1n) is 11.5. The molecule has 1 N–H and O–H groups in total. The van der Waals surface area contributed by atoms with Gasteiger partial charge in [0, 0.05) is 30.8 Å². The topological polar surface area (TPSA) is 106 Å². The van der Waals surface area contributed by atoms with Crippen LogP contribution in [0.5, 0.6) is 5.75 Å². The number of benzene rings is 2. The van der Waals surface area contributed by atoms with Gasteiger partial charge in [-0.2, -0.15) is 0 Å². The van der Waals surface area contributed by atoms with Crippen molar-refractivity contribution in [1.82, 2.24) is 0 Å². The molecule has 0 spiro atoms. The number of halogens is 1. The van der Waals surface area contributed by atoms with Crippen LogP contribution < -0.4 is 15.1 Å². The first-order valence-corrected chi connectivity index (χ1v) is 11.9. The zero-order valence-electron chi connectivity index (χ0n) is 18.9. The highest BCUT2D eigenvalue weighted by Crippen LogP contribution is 2.37. The molecule has 1 aliphatic carbocycles. The minimum absolute atomic E-state index is 0.0500. The number of para-hydroxylation sites is 1. The molecule has 5 rings (SSSR count). The van der Waals surface area contributed by atoms with Crippen molar-refractivity contribution in [3.8, 4) is 17.1 Å². The van der Waals surface area contributed by atoms with E-state index in [4.69, 9.17) is 30.6 Å². The van der Waals surface area contributed by atoms with Crippen molar-refractivity contribution >= 4 is 40.1 Å². The molecule has 1 amide bonds. The lowest BCUT2D eigenvalue weighted by Gasteiger charge is -2.32. The summed E-state index contributed by atoms with van der Waals surface area (Å²) in [6.45, 7) is 1.11.